The lowest BCUT2D eigenvalue weighted by atomic mass is 9.53. The van der Waals surface area contributed by atoms with Gasteiger partial charge in [-0.1, -0.05) is 63.1 Å². The Labute approximate surface area is 190 Å². The standard InChI is InChI=1S/C28H45NO2/c1-6-7-17-29-26-23(11-12-24-20(2)25(30)14-16-28(24,26)5)19-22-10-8-9-21(18-22)13-15-27(3,4)31/h8-10,18-20,24-26,29-31H,6-7,11-17H2,1-5H3/b23-19+/t20?,24?,25?,26?,28-/m0/s1. The average molecular weight is 428 g/mol. The predicted molar refractivity (Wildman–Crippen MR) is 131 cm³/mol. The fraction of sp³-hybridized carbons (Fsp3) is 0.714. The number of aliphatic hydroxyl groups excluding tert-OH is 1. The van der Waals surface area contributed by atoms with E-state index < -0.39 is 5.60 Å². The van der Waals surface area contributed by atoms with Crippen LogP contribution in [0.3, 0.4) is 0 Å². The topological polar surface area (TPSA) is 52.5 Å². The summed E-state index contributed by atoms with van der Waals surface area (Å²) in [6.45, 7) is 11.8. The van der Waals surface area contributed by atoms with Crippen LogP contribution in [0.1, 0.15) is 90.7 Å². The summed E-state index contributed by atoms with van der Waals surface area (Å²) in [6.07, 6.45) is 10.6. The van der Waals surface area contributed by atoms with Gasteiger partial charge in [-0.3, -0.25) is 0 Å². The van der Waals surface area contributed by atoms with E-state index in [2.05, 4.69) is 56.4 Å². The molecule has 4 unspecified atom stereocenters. The Balaban J connectivity index is 1.85. The summed E-state index contributed by atoms with van der Waals surface area (Å²) in [5.74, 6) is 0.951. The van der Waals surface area contributed by atoms with Gasteiger partial charge in [-0.15, -0.1) is 0 Å². The summed E-state index contributed by atoms with van der Waals surface area (Å²) < 4.78 is 0. The molecule has 3 heteroatoms. The van der Waals surface area contributed by atoms with Crippen LogP contribution in [0.2, 0.25) is 0 Å². The molecule has 0 amide bonds. The van der Waals surface area contributed by atoms with E-state index >= 15 is 0 Å². The van der Waals surface area contributed by atoms with Crippen LogP contribution in [0.15, 0.2) is 29.8 Å². The third-order valence-electron chi connectivity index (χ3n) is 8.05. The zero-order chi connectivity index (χ0) is 22.6. The summed E-state index contributed by atoms with van der Waals surface area (Å²) in [7, 11) is 0. The third kappa shape index (κ3) is 6.00. The number of hydrogen-bond acceptors (Lipinski definition) is 3. The van der Waals surface area contributed by atoms with E-state index in [0.29, 0.717) is 17.9 Å². The van der Waals surface area contributed by atoms with E-state index in [1.54, 1.807) is 0 Å². The SMILES string of the molecule is CCCCNC1/C(=C/c2cccc(CCC(C)(C)O)c2)CCC2C(C)C(O)CC[C@]12C. The Morgan fingerprint density at radius 1 is 1.26 bits per heavy atom. The Kier molecular flexibility index (Phi) is 8.05. The molecule has 0 aromatic heterocycles. The Bertz CT molecular complexity index is 750. The molecule has 0 bridgehead atoms. The van der Waals surface area contributed by atoms with E-state index in [1.807, 2.05) is 13.8 Å². The predicted octanol–water partition coefficient (Wildman–Crippen LogP) is 5.74. The van der Waals surface area contributed by atoms with Gasteiger partial charge in [0, 0.05) is 6.04 Å². The van der Waals surface area contributed by atoms with Crippen molar-refractivity contribution < 1.29 is 10.2 Å². The molecule has 0 heterocycles. The van der Waals surface area contributed by atoms with Crippen LogP contribution in [0.4, 0.5) is 0 Å². The molecule has 3 N–H and O–H groups in total. The third-order valence-corrected chi connectivity index (χ3v) is 8.05. The minimum atomic E-state index is -0.627. The smallest absolute Gasteiger partial charge is 0.0594 e. The fourth-order valence-electron chi connectivity index (χ4n) is 6.06. The minimum Gasteiger partial charge on any atom is -0.393 e. The van der Waals surface area contributed by atoms with Gasteiger partial charge < -0.3 is 15.5 Å². The van der Waals surface area contributed by atoms with Gasteiger partial charge in [0.05, 0.1) is 11.7 Å². The van der Waals surface area contributed by atoms with Crippen LogP contribution in [0.5, 0.6) is 0 Å². The number of aryl methyl sites for hydroxylation is 1. The van der Waals surface area contributed by atoms with Gasteiger partial charge in [-0.05, 0) is 93.7 Å². The first-order valence-electron chi connectivity index (χ1n) is 12.6. The van der Waals surface area contributed by atoms with E-state index in [1.165, 1.54) is 36.0 Å². The number of benzene rings is 1. The molecular weight excluding hydrogens is 382 g/mol. The van der Waals surface area contributed by atoms with Crippen molar-refractivity contribution in [3.8, 4) is 0 Å². The molecule has 0 spiro atoms. The van der Waals surface area contributed by atoms with Crippen molar-refractivity contribution in [2.45, 2.75) is 104 Å². The van der Waals surface area contributed by atoms with Crippen molar-refractivity contribution in [3.63, 3.8) is 0 Å². The van der Waals surface area contributed by atoms with Crippen LogP contribution in [-0.2, 0) is 6.42 Å². The highest BCUT2D eigenvalue weighted by Crippen LogP contribution is 2.54. The molecule has 0 saturated heterocycles. The summed E-state index contributed by atoms with van der Waals surface area (Å²) in [4.78, 5) is 0. The molecule has 31 heavy (non-hydrogen) atoms. The molecule has 1 aromatic carbocycles. The van der Waals surface area contributed by atoms with Gasteiger partial charge in [0.1, 0.15) is 0 Å². The minimum absolute atomic E-state index is 0.146. The van der Waals surface area contributed by atoms with Gasteiger partial charge in [0.15, 0.2) is 0 Å². The lowest BCUT2D eigenvalue weighted by molar-refractivity contribution is -0.0587. The molecule has 2 saturated carbocycles. The Morgan fingerprint density at radius 3 is 2.74 bits per heavy atom. The van der Waals surface area contributed by atoms with Crippen molar-refractivity contribution in [1.29, 1.82) is 0 Å². The van der Waals surface area contributed by atoms with Crippen molar-refractivity contribution in [1.82, 2.24) is 5.32 Å². The summed E-state index contributed by atoms with van der Waals surface area (Å²) in [6, 6.07) is 9.22. The molecule has 2 fully saturated rings. The maximum atomic E-state index is 10.5. The summed E-state index contributed by atoms with van der Waals surface area (Å²) >= 11 is 0. The first-order chi connectivity index (χ1) is 14.6. The second kappa shape index (κ2) is 10.2. The molecule has 5 atom stereocenters. The van der Waals surface area contributed by atoms with Gasteiger partial charge in [0.25, 0.3) is 0 Å². The highest BCUT2D eigenvalue weighted by atomic mass is 16.3. The molecule has 0 aliphatic heterocycles. The maximum absolute atomic E-state index is 10.5. The second-order valence-electron chi connectivity index (χ2n) is 11.1. The van der Waals surface area contributed by atoms with Crippen LogP contribution in [0.25, 0.3) is 6.08 Å². The summed E-state index contributed by atoms with van der Waals surface area (Å²) in [5, 5.41) is 24.5. The molecule has 3 nitrogen and oxygen atoms in total. The second-order valence-corrected chi connectivity index (χ2v) is 11.1. The molecular formula is C28H45NO2. The number of hydrogen-bond donors (Lipinski definition) is 3. The van der Waals surface area contributed by atoms with Crippen LogP contribution < -0.4 is 5.32 Å². The quantitative estimate of drug-likeness (QED) is 0.464. The number of rotatable bonds is 8. The first kappa shape index (κ1) is 24.5. The van der Waals surface area contributed by atoms with E-state index in [9.17, 15) is 10.2 Å². The number of aliphatic hydroxyl groups is 2. The zero-order valence-corrected chi connectivity index (χ0v) is 20.5. The molecule has 2 aliphatic rings. The number of unbranched alkanes of at least 4 members (excludes halogenated alkanes) is 1. The molecule has 174 valence electrons. The van der Waals surface area contributed by atoms with Crippen LogP contribution >= 0.6 is 0 Å². The van der Waals surface area contributed by atoms with Crippen molar-refractivity contribution in [2.24, 2.45) is 17.3 Å². The van der Waals surface area contributed by atoms with Gasteiger partial charge in [0.2, 0.25) is 0 Å². The Hall–Kier alpha value is -1.16. The van der Waals surface area contributed by atoms with Crippen molar-refractivity contribution >= 4 is 6.08 Å². The maximum Gasteiger partial charge on any atom is 0.0594 e. The molecule has 3 rings (SSSR count). The highest BCUT2D eigenvalue weighted by molar-refractivity contribution is 5.56. The normalized spacial score (nSPS) is 32.8. The zero-order valence-electron chi connectivity index (χ0n) is 20.5. The lowest BCUT2D eigenvalue weighted by Crippen LogP contribution is -2.57. The monoisotopic (exact) mass is 427 g/mol. The van der Waals surface area contributed by atoms with E-state index in [4.69, 9.17) is 0 Å². The first-order valence-corrected chi connectivity index (χ1v) is 12.6. The summed E-state index contributed by atoms with van der Waals surface area (Å²) in [5.41, 5.74) is 3.67. The Morgan fingerprint density at radius 2 is 2.03 bits per heavy atom. The van der Waals surface area contributed by atoms with Crippen molar-refractivity contribution in [3.05, 3.63) is 41.0 Å². The van der Waals surface area contributed by atoms with E-state index in [-0.39, 0.29) is 11.5 Å². The average Bonchev–Trinajstić information content (AvgIpc) is 2.71. The lowest BCUT2D eigenvalue weighted by Gasteiger charge is -2.55. The van der Waals surface area contributed by atoms with Crippen molar-refractivity contribution in [2.75, 3.05) is 6.54 Å². The van der Waals surface area contributed by atoms with Crippen LogP contribution in [0, 0.1) is 17.3 Å². The van der Waals surface area contributed by atoms with Gasteiger partial charge in [-0.25, -0.2) is 0 Å². The highest BCUT2D eigenvalue weighted by Gasteiger charge is 2.51. The van der Waals surface area contributed by atoms with Crippen LogP contribution in [-0.4, -0.2) is 34.5 Å². The van der Waals surface area contributed by atoms with Gasteiger partial charge in [-0.2, -0.15) is 0 Å². The van der Waals surface area contributed by atoms with E-state index in [0.717, 1.165) is 38.6 Å². The fourth-order valence-corrected chi connectivity index (χ4v) is 6.06. The number of fused-ring (bicyclic) bond motifs is 1. The largest absolute Gasteiger partial charge is 0.393 e. The molecule has 0 radical (unpaired) electrons. The molecule has 2 aliphatic carbocycles. The number of nitrogens with one attached hydrogen (secondary N) is 1. The van der Waals surface area contributed by atoms with Gasteiger partial charge >= 0.3 is 0 Å². The molecule has 1 aromatic rings.